The van der Waals surface area contributed by atoms with Crippen molar-refractivity contribution in [3.63, 3.8) is 0 Å². The van der Waals surface area contributed by atoms with Crippen LogP contribution in [-0.2, 0) is 16.1 Å². The van der Waals surface area contributed by atoms with Gasteiger partial charge in [-0.2, -0.15) is 8.78 Å². The van der Waals surface area contributed by atoms with E-state index in [1.807, 2.05) is 0 Å². The molecule has 0 spiro atoms. The van der Waals surface area contributed by atoms with Gasteiger partial charge >= 0.3 is 6.61 Å². The summed E-state index contributed by atoms with van der Waals surface area (Å²) in [6.07, 6.45) is 1.58. The molecule has 1 amide bonds. The zero-order valence-corrected chi connectivity index (χ0v) is 14.3. The van der Waals surface area contributed by atoms with E-state index in [9.17, 15) is 13.6 Å². The molecule has 1 aliphatic heterocycles. The number of ether oxygens (including phenoxy) is 2. The Morgan fingerprint density at radius 2 is 1.92 bits per heavy atom. The van der Waals surface area contributed by atoms with Gasteiger partial charge in [0.1, 0.15) is 5.75 Å². The molecule has 24 heavy (non-hydrogen) atoms. The van der Waals surface area contributed by atoms with Crippen molar-refractivity contribution in [2.75, 3.05) is 20.3 Å². The zero-order valence-electron chi connectivity index (χ0n) is 13.5. The van der Waals surface area contributed by atoms with E-state index in [2.05, 4.69) is 4.74 Å². The van der Waals surface area contributed by atoms with Gasteiger partial charge in [0.2, 0.25) is 5.91 Å². The molecule has 0 aliphatic carbocycles. The summed E-state index contributed by atoms with van der Waals surface area (Å²) < 4.78 is 33.8. The number of rotatable bonds is 6. The number of amides is 1. The summed E-state index contributed by atoms with van der Waals surface area (Å²) in [7, 11) is 1.69. The number of likely N-dealkylation sites (N-methyl/N-ethyl adjacent to an activating group) is 1. The minimum absolute atomic E-state index is 0. The molecule has 0 bridgehead atoms. The first-order valence-electron chi connectivity index (χ1n) is 7.59. The molecule has 2 N–H and O–H groups in total. The van der Waals surface area contributed by atoms with Crippen LogP contribution in [-0.4, -0.2) is 43.7 Å². The lowest BCUT2D eigenvalue weighted by Gasteiger charge is -2.29. The zero-order chi connectivity index (χ0) is 16.8. The van der Waals surface area contributed by atoms with Crippen molar-refractivity contribution in [2.24, 2.45) is 11.7 Å². The Hall–Kier alpha value is -1.44. The molecule has 1 heterocycles. The number of halogens is 3. The predicted molar refractivity (Wildman–Crippen MR) is 88.3 cm³/mol. The minimum atomic E-state index is -2.84. The molecule has 1 aromatic rings. The molecule has 0 saturated carbocycles. The second-order valence-corrected chi connectivity index (χ2v) is 5.69. The molecule has 1 fully saturated rings. The third-order valence-corrected chi connectivity index (χ3v) is 4.00. The second kappa shape index (κ2) is 9.76. The van der Waals surface area contributed by atoms with Crippen LogP contribution in [0.15, 0.2) is 24.3 Å². The van der Waals surface area contributed by atoms with E-state index in [1.54, 1.807) is 24.1 Å². The highest BCUT2D eigenvalue weighted by atomic mass is 35.5. The number of hydrogen-bond acceptors (Lipinski definition) is 4. The number of nitrogens with zero attached hydrogens (tertiary/aromatic N) is 1. The standard InChI is InChI=1S/C16H22F2N2O3.ClH/c1-20(15(21)14(19)12-6-8-22-9-7-12)10-11-2-4-13(5-3-11)23-16(17)18;/h2-5,12,14,16H,6-10,19H2,1H3;1H. The first-order chi connectivity index (χ1) is 11.0. The van der Waals surface area contributed by atoms with E-state index in [4.69, 9.17) is 10.5 Å². The minimum Gasteiger partial charge on any atom is -0.435 e. The largest absolute Gasteiger partial charge is 0.435 e. The van der Waals surface area contributed by atoms with Gasteiger partial charge in [-0.3, -0.25) is 4.79 Å². The summed E-state index contributed by atoms with van der Waals surface area (Å²) >= 11 is 0. The second-order valence-electron chi connectivity index (χ2n) is 5.69. The van der Waals surface area contributed by atoms with E-state index in [1.165, 1.54) is 12.1 Å². The van der Waals surface area contributed by atoms with E-state index in [0.717, 1.165) is 18.4 Å². The molecule has 1 aromatic carbocycles. The maximum atomic E-state index is 12.4. The number of benzene rings is 1. The average Bonchev–Trinajstić information content (AvgIpc) is 2.55. The van der Waals surface area contributed by atoms with Crippen molar-refractivity contribution in [2.45, 2.75) is 32.0 Å². The fourth-order valence-electron chi connectivity index (χ4n) is 2.66. The average molecular weight is 365 g/mol. The summed E-state index contributed by atoms with van der Waals surface area (Å²) in [5.74, 6) is 0.113. The van der Waals surface area contributed by atoms with Crippen LogP contribution in [0, 0.1) is 5.92 Å². The first-order valence-corrected chi connectivity index (χ1v) is 7.59. The van der Waals surface area contributed by atoms with E-state index >= 15 is 0 Å². The summed E-state index contributed by atoms with van der Waals surface area (Å²) in [5, 5.41) is 0. The van der Waals surface area contributed by atoms with Gasteiger partial charge in [0.25, 0.3) is 0 Å². The highest BCUT2D eigenvalue weighted by Gasteiger charge is 2.28. The molecular formula is C16H23ClF2N2O3. The van der Waals surface area contributed by atoms with Crippen LogP contribution < -0.4 is 10.5 Å². The van der Waals surface area contributed by atoms with Crippen LogP contribution in [0.4, 0.5) is 8.78 Å². The molecule has 5 nitrogen and oxygen atoms in total. The maximum absolute atomic E-state index is 12.4. The van der Waals surface area contributed by atoms with Crippen LogP contribution >= 0.6 is 12.4 Å². The van der Waals surface area contributed by atoms with Crippen LogP contribution in [0.3, 0.4) is 0 Å². The predicted octanol–water partition coefficient (Wildman–Crippen LogP) is 2.42. The molecule has 1 unspecified atom stereocenters. The van der Waals surface area contributed by atoms with Crippen molar-refractivity contribution in [1.29, 1.82) is 0 Å². The number of nitrogens with two attached hydrogens (primary N) is 1. The fourth-order valence-corrected chi connectivity index (χ4v) is 2.66. The Bertz CT molecular complexity index is 511. The van der Waals surface area contributed by atoms with Gasteiger partial charge in [-0.25, -0.2) is 0 Å². The SMILES string of the molecule is CN(Cc1ccc(OC(F)F)cc1)C(=O)C(N)C1CCOCC1.Cl. The van der Waals surface area contributed by atoms with Crippen molar-refractivity contribution >= 4 is 18.3 Å². The number of alkyl halides is 2. The highest BCUT2D eigenvalue weighted by molar-refractivity contribution is 5.85. The summed E-state index contributed by atoms with van der Waals surface area (Å²) in [6.45, 7) is -1.20. The lowest BCUT2D eigenvalue weighted by Crippen LogP contribution is -2.47. The van der Waals surface area contributed by atoms with Crippen molar-refractivity contribution < 1.29 is 23.0 Å². The lowest BCUT2D eigenvalue weighted by molar-refractivity contribution is -0.133. The normalized spacial score (nSPS) is 16.4. The lowest BCUT2D eigenvalue weighted by atomic mass is 9.91. The third-order valence-electron chi connectivity index (χ3n) is 4.00. The number of carbonyl (C=O) groups excluding carboxylic acids is 1. The van der Waals surface area contributed by atoms with E-state index < -0.39 is 12.7 Å². The molecule has 0 radical (unpaired) electrons. The van der Waals surface area contributed by atoms with Gasteiger partial charge < -0.3 is 20.1 Å². The molecular weight excluding hydrogens is 342 g/mol. The summed E-state index contributed by atoms with van der Waals surface area (Å²) in [5.41, 5.74) is 6.90. The maximum Gasteiger partial charge on any atom is 0.387 e. The molecule has 1 saturated heterocycles. The van der Waals surface area contributed by atoms with Gasteiger partial charge in [-0.1, -0.05) is 12.1 Å². The third kappa shape index (κ3) is 5.89. The van der Waals surface area contributed by atoms with Crippen molar-refractivity contribution in [3.8, 4) is 5.75 Å². The van der Waals surface area contributed by atoms with Crippen LogP contribution in [0.2, 0.25) is 0 Å². The van der Waals surface area contributed by atoms with Gasteiger partial charge in [0.15, 0.2) is 0 Å². The molecule has 2 rings (SSSR count). The van der Waals surface area contributed by atoms with E-state index in [0.29, 0.717) is 19.8 Å². The van der Waals surface area contributed by atoms with Gasteiger partial charge in [-0.05, 0) is 36.5 Å². The Morgan fingerprint density at radius 3 is 2.46 bits per heavy atom. The molecule has 8 heteroatoms. The van der Waals surface area contributed by atoms with Gasteiger partial charge in [0, 0.05) is 26.8 Å². The Labute approximate surface area is 146 Å². The highest BCUT2D eigenvalue weighted by Crippen LogP contribution is 2.20. The summed E-state index contributed by atoms with van der Waals surface area (Å²) in [6, 6.07) is 5.68. The monoisotopic (exact) mass is 364 g/mol. The van der Waals surface area contributed by atoms with Crippen molar-refractivity contribution in [3.05, 3.63) is 29.8 Å². The Kier molecular flexibility index (Phi) is 8.38. The Balaban J connectivity index is 0.00000288. The smallest absolute Gasteiger partial charge is 0.387 e. The first kappa shape index (κ1) is 20.6. The molecule has 1 atom stereocenters. The Morgan fingerprint density at radius 1 is 1.33 bits per heavy atom. The molecule has 1 aliphatic rings. The quantitative estimate of drug-likeness (QED) is 0.842. The van der Waals surface area contributed by atoms with Crippen LogP contribution in [0.25, 0.3) is 0 Å². The summed E-state index contributed by atoms with van der Waals surface area (Å²) in [4.78, 5) is 14.0. The van der Waals surface area contributed by atoms with E-state index in [-0.39, 0.29) is 30.0 Å². The van der Waals surface area contributed by atoms with Gasteiger partial charge in [-0.15, -0.1) is 12.4 Å². The molecule has 0 aromatic heterocycles. The van der Waals surface area contributed by atoms with Crippen LogP contribution in [0.5, 0.6) is 5.75 Å². The molecule has 136 valence electrons. The van der Waals surface area contributed by atoms with Crippen LogP contribution in [0.1, 0.15) is 18.4 Å². The fraction of sp³-hybridized carbons (Fsp3) is 0.562. The van der Waals surface area contributed by atoms with Crippen molar-refractivity contribution in [1.82, 2.24) is 4.90 Å². The number of carbonyl (C=O) groups is 1. The van der Waals surface area contributed by atoms with Gasteiger partial charge in [0.05, 0.1) is 6.04 Å². The number of hydrogen-bond donors (Lipinski definition) is 1. The topological polar surface area (TPSA) is 64.8 Å².